The summed E-state index contributed by atoms with van der Waals surface area (Å²) >= 11 is 3.52. The number of halogens is 1. The van der Waals surface area contributed by atoms with Crippen LogP contribution in [0.15, 0.2) is 16.6 Å². The van der Waals surface area contributed by atoms with E-state index in [0.29, 0.717) is 12.9 Å². The van der Waals surface area contributed by atoms with E-state index in [1.807, 2.05) is 6.07 Å². The third-order valence-corrected chi connectivity index (χ3v) is 4.59. The summed E-state index contributed by atoms with van der Waals surface area (Å²) in [7, 11) is 0. The molecule has 0 bridgehead atoms. The standard InChI is InChI=1S/C16H22BrNO3/c17-14-8-12(9-15-16(14)21-11-20-15)10-18-6-7-19-13-4-2-1-3-5-13/h8-9,13,18H,1-7,10-11H2. The van der Waals surface area contributed by atoms with Gasteiger partial charge in [-0.1, -0.05) is 19.3 Å². The highest BCUT2D eigenvalue weighted by Crippen LogP contribution is 2.39. The number of fused-ring (bicyclic) bond motifs is 1. The Morgan fingerprint density at radius 3 is 2.90 bits per heavy atom. The lowest BCUT2D eigenvalue weighted by atomic mass is 9.98. The van der Waals surface area contributed by atoms with Gasteiger partial charge in [-0.25, -0.2) is 0 Å². The molecular formula is C16H22BrNO3. The van der Waals surface area contributed by atoms with Gasteiger partial charge in [-0.05, 0) is 46.5 Å². The normalized spacial score (nSPS) is 18.1. The molecule has 2 aliphatic rings. The molecule has 0 amide bonds. The van der Waals surface area contributed by atoms with E-state index in [2.05, 4.69) is 27.3 Å². The average molecular weight is 356 g/mol. The Labute approximate surface area is 134 Å². The van der Waals surface area contributed by atoms with Gasteiger partial charge >= 0.3 is 0 Å². The maximum Gasteiger partial charge on any atom is 0.231 e. The minimum Gasteiger partial charge on any atom is -0.454 e. The zero-order chi connectivity index (χ0) is 14.5. The molecular weight excluding hydrogens is 334 g/mol. The van der Waals surface area contributed by atoms with Crippen LogP contribution in [-0.2, 0) is 11.3 Å². The Hall–Kier alpha value is -0.780. The number of benzene rings is 1. The van der Waals surface area contributed by atoms with Crippen LogP contribution in [0.25, 0.3) is 0 Å². The molecule has 1 aromatic rings. The molecule has 1 aromatic carbocycles. The third-order valence-electron chi connectivity index (χ3n) is 4.00. The van der Waals surface area contributed by atoms with Crippen molar-refractivity contribution in [2.24, 2.45) is 0 Å². The van der Waals surface area contributed by atoms with Crippen LogP contribution >= 0.6 is 15.9 Å². The smallest absolute Gasteiger partial charge is 0.231 e. The molecule has 1 aliphatic carbocycles. The Morgan fingerprint density at radius 2 is 2.05 bits per heavy atom. The number of hydrogen-bond donors (Lipinski definition) is 1. The molecule has 3 rings (SSSR count). The first-order valence-corrected chi connectivity index (χ1v) is 8.52. The van der Waals surface area contributed by atoms with Crippen LogP contribution in [0, 0.1) is 0 Å². The lowest BCUT2D eigenvalue weighted by molar-refractivity contribution is 0.0302. The molecule has 1 heterocycles. The largest absolute Gasteiger partial charge is 0.454 e. The van der Waals surface area contributed by atoms with Crippen LogP contribution in [-0.4, -0.2) is 26.0 Å². The first kappa shape index (κ1) is 15.1. The van der Waals surface area contributed by atoms with Crippen LogP contribution in [0.2, 0.25) is 0 Å². The predicted molar refractivity (Wildman–Crippen MR) is 84.8 cm³/mol. The second-order valence-corrected chi connectivity index (χ2v) is 6.47. The number of ether oxygens (including phenoxy) is 3. The van der Waals surface area contributed by atoms with Crippen molar-refractivity contribution in [1.29, 1.82) is 0 Å². The molecule has 0 saturated heterocycles. The second kappa shape index (κ2) is 7.47. The van der Waals surface area contributed by atoms with Gasteiger partial charge < -0.3 is 19.5 Å². The Kier molecular flexibility index (Phi) is 5.38. The highest BCUT2D eigenvalue weighted by atomic mass is 79.9. The van der Waals surface area contributed by atoms with E-state index < -0.39 is 0 Å². The summed E-state index contributed by atoms with van der Waals surface area (Å²) in [5.74, 6) is 1.62. The Morgan fingerprint density at radius 1 is 1.19 bits per heavy atom. The summed E-state index contributed by atoms with van der Waals surface area (Å²) in [4.78, 5) is 0. The number of rotatable bonds is 6. The van der Waals surface area contributed by atoms with Gasteiger partial charge in [-0.15, -0.1) is 0 Å². The van der Waals surface area contributed by atoms with Gasteiger partial charge in [0.2, 0.25) is 6.79 Å². The fourth-order valence-corrected chi connectivity index (χ4v) is 3.49. The van der Waals surface area contributed by atoms with Crippen molar-refractivity contribution < 1.29 is 14.2 Å². The minimum absolute atomic E-state index is 0.306. The first-order valence-electron chi connectivity index (χ1n) is 7.73. The minimum atomic E-state index is 0.306. The Bertz CT molecular complexity index is 475. The molecule has 116 valence electrons. The van der Waals surface area contributed by atoms with E-state index in [1.54, 1.807) is 0 Å². The average Bonchev–Trinajstić information content (AvgIpc) is 2.97. The van der Waals surface area contributed by atoms with E-state index in [9.17, 15) is 0 Å². The fourth-order valence-electron chi connectivity index (χ4n) is 2.89. The maximum absolute atomic E-state index is 5.90. The molecule has 1 saturated carbocycles. The summed E-state index contributed by atoms with van der Waals surface area (Å²) < 4.78 is 17.7. The van der Waals surface area contributed by atoms with Crippen LogP contribution in [0.1, 0.15) is 37.7 Å². The van der Waals surface area contributed by atoms with E-state index in [-0.39, 0.29) is 0 Å². The van der Waals surface area contributed by atoms with Gasteiger partial charge in [0.1, 0.15) is 0 Å². The Balaban J connectivity index is 1.38. The van der Waals surface area contributed by atoms with Crippen LogP contribution < -0.4 is 14.8 Å². The molecule has 1 fully saturated rings. The van der Waals surface area contributed by atoms with E-state index in [0.717, 1.165) is 35.7 Å². The van der Waals surface area contributed by atoms with E-state index >= 15 is 0 Å². The molecule has 4 nitrogen and oxygen atoms in total. The van der Waals surface area contributed by atoms with Crippen molar-refractivity contribution in [3.63, 3.8) is 0 Å². The lowest BCUT2D eigenvalue weighted by Crippen LogP contribution is -2.24. The number of hydrogen-bond acceptors (Lipinski definition) is 4. The van der Waals surface area contributed by atoms with E-state index in [4.69, 9.17) is 14.2 Å². The molecule has 0 atom stereocenters. The molecule has 0 aromatic heterocycles. The number of nitrogens with one attached hydrogen (secondary N) is 1. The van der Waals surface area contributed by atoms with E-state index in [1.165, 1.54) is 37.7 Å². The zero-order valence-electron chi connectivity index (χ0n) is 12.2. The molecule has 0 radical (unpaired) electrons. The molecule has 1 N–H and O–H groups in total. The second-order valence-electron chi connectivity index (χ2n) is 5.62. The summed E-state index contributed by atoms with van der Waals surface area (Å²) in [6, 6.07) is 4.10. The quantitative estimate of drug-likeness (QED) is 0.791. The fraction of sp³-hybridized carbons (Fsp3) is 0.625. The lowest BCUT2D eigenvalue weighted by Gasteiger charge is -2.22. The molecule has 0 unspecified atom stereocenters. The van der Waals surface area contributed by atoms with Crippen molar-refractivity contribution in [2.45, 2.75) is 44.8 Å². The van der Waals surface area contributed by atoms with Crippen molar-refractivity contribution in [3.05, 3.63) is 22.2 Å². The van der Waals surface area contributed by atoms with Crippen molar-refractivity contribution >= 4 is 15.9 Å². The molecule has 5 heteroatoms. The van der Waals surface area contributed by atoms with Gasteiger partial charge in [0.15, 0.2) is 11.5 Å². The summed E-state index contributed by atoms with van der Waals surface area (Å²) in [6.45, 7) is 2.78. The summed E-state index contributed by atoms with van der Waals surface area (Å²) in [5.41, 5.74) is 1.18. The van der Waals surface area contributed by atoms with Crippen LogP contribution in [0.5, 0.6) is 11.5 Å². The topological polar surface area (TPSA) is 39.7 Å². The van der Waals surface area contributed by atoms with Crippen molar-refractivity contribution in [3.8, 4) is 11.5 Å². The highest BCUT2D eigenvalue weighted by molar-refractivity contribution is 9.10. The molecule has 0 spiro atoms. The monoisotopic (exact) mass is 355 g/mol. The van der Waals surface area contributed by atoms with Gasteiger partial charge in [-0.3, -0.25) is 0 Å². The summed E-state index contributed by atoms with van der Waals surface area (Å²) in [6.07, 6.45) is 6.97. The zero-order valence-corrected chi connectivity index (χ0v) is 13.8. The molecule has 21 heavy (non-hydrogen) atoms. The van der Waals surface area contributed by atoms with Crippen molar-refractivity contribution in [1.82, 2.24) is 5.32 Å². The van der Waals surface area contributed by atoms with Gasteiger partial charge in [0.25, 0.3) is 0 Å². The van der Waals surface area contributed by atoms with Crippen LogP contribution in [0.3, 0.4) is 0 Å². The van der Waals surface area contributed by atoms with Crippen LogP contribution in [0.4, 0.5) is 0 Å². The SMILES string of the molecule is Brc1cc(CNCCOC2CCCCC2)cc2c1OCO2. The van der Waals surface area contributed by atoms with Crippen molar-refractivity contribution in [2.75, 3.05) is 19.9 Å². The summed E-state index contributed by atoms with van der Waals surface area (Å²) in [5, 5.41) is 3.42. The third kappa shape index (κ3) is 4.11. The van der Waals surface area contributed by atoms with Gasteiger partial charge in [0.05, 0.1) is 17.2 Å². The predicted octanol–water partition coefficient (Wildman–Crippen LogP) is 3.62. The van der Waals surface area contributed by atoms with Gasteiger partial charge in [0, 0.05) is 13.1 Å². The van der Waals surface area contributed by atoms with Gasteiger partial charge in [-0.2, -0.15) is 0 Å². The molecule has 1 aliphatic heterocycles. The highest BCUT2D eigenvalue weighted by Gasteiger charge is 2.17. The maximum atomic E-state index is 5.90. The first-order chi connectivity index (χ1) is 10.3.